The van der Waals surface area contributed by atoms with Gasteiger partial charge >= 0.3 is 5.97 Å². The molecule has 5 nitrogen and oxygen atoms in total. The first-order valence-electron chi connectivity index (χ1n) is 6.05. The van der Waals surface area contributed by atoms with Gasteiger partial charge in [-0.05, 0) is 33.2 Å². The van der Waals surface area contributed by atoms with Gasteiger partial charge in [-0.1, -0.05) is 6.92 Å². The number of carboxylic acids is 1. The summed E-state index contributed by atoms with van der Waals surface area (Å²) in [4.78, 5) is 11.2. The van der Waals surface area contributed by atoms with Gasteiger partial charge < -0.3 is 19.9 Å². The Morgan fingerprint density at radius 2 is 2.18 bits per heavy atom. The van der Waals surface area contributed by atoms with E-state index in [9.17, 15) is 9.90 Å². The molecule has 0 bridgehead atoms. The second-order valence-corrected chi connectivity index (χ2v) is 4.45. The van der Waals surface area contributed by atoms with Crippen LogP contribution in [0.4, 0.5) is 0 Å². The first-order chi connectivity index (χ1) is 7.96. The molecule has 0 aliphatic carbocycles. The third kappa shape index (κ3) is 6.61. The molecule has 0 aliphatic heterocycles. The van der Waals surface area contributed by atoms with Crippen LogP contribution < -0.4 is 5.32 Å². The van der Waals surface area contributed by atoms with Crippen molar-refractivity contribution in [1.29, 1.82) is 0 Å². The van der Waals surface area contributed by atoms with Crippen LogP contribution in [0.15, 0.2) is 0 Å². The summed E-state index contributed by atoms with van der Waals surface area (Å²) in [5.74, 6) is -0.839. The Hall–Kier alpha value is -0.650. The summed E-state index contributed by atoms with van der Waals surface area (Å²) in [5.41, 5.74) is -0.914. The molecule has 2 unspecified atom stereocenters. The van der Waals surface area contributed by atoms with Gasteiger partial charge in [0, 0.05) is 13.7 Å². The summed E-state index contributed by atoms with van der Waals surface area (Å²) < 4.78 is 10.4. The summed E-state index contributed by atoms with van der Waals surface area (Å²) in [6.45, 7) is 7.22. The van der Waals surface area contributed by atoms with Gasteiger partial charge in [0.1, 0.15) is 5.54 Å². The van der Waals surface area contributed by atoms with Crippen LogP contribution in [0.5, 0.6) is 0 Å². The van der Waals surface area contributed by atoms with Gasteiger partial charge in [-0.3, -0.25) is 4.79 Å². The minimum absolute atomic E-state index is 0.00998. The van der Waals surface area contributed by atoms with E-state index < -0.39 is 11.5 Å². The Morgan fingerprint density at radius 3 is 2.65 bits per heavy atom. The van der Waals surface area contributed by atoms with Crippen molar-refractivity contribution in [3.8, 4) is 0 Å². The van der Waals surface area contributed by atoms with E-state index in [2.05, 4.69) is 5.32 Å². The van der Waals surface area contributed by atoms with Crippen LogP contribution in [-0.4, -0.2) is 49.6 Å². The summed E-state index contributed by atoms with van der Waals surface area (Å²) in [7, 11) is 1.62. The molecule has 0 rings (SSSR count). The molecule has 17 heavy (non-hydrogen) atoms. The molecule has 2 N–H and O–H groups in total. The molecular weight excluding hydrogens is 222 g/mol. The minimum Gasteiger partial charge on any atom is -0.480 e. The zero-order valence-electron chi connectivity index (χ0n) is 11.3. The number of ether oxygens (including phenoxy) is 2. The highest BCUT2D eigenvalue weighted by Gasteiger charge is 2.31. The highest BCUT2D eigenvalue weighted by atomic mass is 16.5. The molecule has 0 spiro atoms. The summed E-state index contributed by atoms with van der Waals surface area (Å²) >= 11 is 0. The number of aliphatic carboxylic acids is 1. The third-order valence-corrected chi connectivity index (χ3v) is 2.64. The predicted octanol–water partition coefficient (Wildman–Crippen LogP) is 1.27. The van der Waals surface area contributed by atoms with Crippen molar-refractivity contribution in [3.63, 3.8) is 0 Å². The average molecular weight is 247 g/mol. The fourth-order valence-electron chi connectivity index (χ4n) is 1.42. The lowest BCUT2D eigenvalue weighted by atomic mass is 9.98. The van der Waals surface area contributed by atoms with E-state index in [0.29, 0.717) is 26.2 Å². The SMILES string of the molecule is CCCNC(C)(CCOC(C)COC)C(=O)O. The van der Waals surface area contributed by atoms with E-state index in [0.717, 1.165) is 6.42 Å². The van der Waals surface area contributed by atoms with E-state index in [1.165, 1.54) is 0 Å². The predicted molar refractivity (Wildman–Crippen MR) is 66.2 cm³/mol. The van der Waals surface area contributed by atoms with Crippen molar-refractivity contribution >= 4 is 5.97 Å². The Labute approximate surface area is 103 Å². The van der Waals surface area contributed by atoms with Crippen LogP contribution in [-0.2, 0) is 14.3 Å². The van der Waals surface area contributed by atoms with Crippen LogP contribution in [0, 0.1) is 0 Å². The molecular formula is C12H25NO4. The van der Waals surface area contributed by atoms with Gasteiger partial charge in [0.05, 0.1) is 12.7 Å². The Morgan fingerprint density at radius 1 is 1.53 bits per heavy atom. The fraction of sp³-hybridized carbons (Fsp3) is 0.917. The van der Waals surface area contributed by atoms with Gasteiger partial charge in [0.25, 0.3) is 0 Å². The molecule has 102 valence electrons. The summed E-state index contributed by atoms with van der Waals surface area (Å²) in [5, 5.41) is 12.2. The number of rotatable bonds is 10. The van der Waals surface area contributed by atoms with Gasteiger partial charge in [0.15, 0.2) is 0 Å². The number of carbonyl (C=O) groups is 1. The van der Waals surface area contributed by atoms with Crippen LogP contribution in [0.2, 0.25) is 0 Å². The molecule has 5 heteroatoms. The molecule has 0 fully saturated rings. The van der Waals surface area contributed by atoms with Crippen LogP contribution >= 0.6 is 0 Å². The fourth-order valence-corrected chi connectivity index (χ4v) is 1.42. The molecule has 0 radical (unpaired) electrons. The standard InChI is InChI=1S/C12H25NO4/c1-5-7-13-12(3,11(14)15)6-8-17-10(2)9-16-4/h10,13H,5-9H2,1-4H3,(H,14,15). The molecule has 0 heterocycles. The normalized spacial score (nSPS) is 16.5. The van der Waals surface area contributed by atoms with Crippen molar-refractivity contribution in [2.45, 2.75) is 45.3 Å². The number of methoxy groups -OCH3 is 1. The minimum atomic E-state index is -0.914. The topological polar surface area (TPSA) is 67.8 Å². The number of carboxylic acid groups (broad SMARTS) is 1. The van der Waals surface area contributed by atoms with Crippen LogP contribution in [0.25, 0.3) is 0 Å². The lowest BCUT2D eigenvalue weighted by Gasteiger charge is -2.26. The second kappa shape index (κ2) is 8.44. The smallest absolute Gasteiger partial charge is 0.323 e. The number of nitrogens with one attached hydrogen (secondary N) is 1. The van der Waals surface area contributed by atoms with Crippen molar-refractivity contribution in [3.05, 3.63) is 0 Å². The molecule has 0 amide bonds. The van der Waals surface area contributed by atoms with Gasteiger partial charge in [-0.15, -0.1) is 0 Å². The van der Waals surface area contributed by atoms with Crippen molar-refractivity contribution < 1.29 is 19.4 Å². The summed E-state index contributed by atoms with van der Waals surface area (Å²) in [6, 6.07) is 0. The molecule has 0 aromatic carbocycles. The van der Waals surface area contributed by atoms with E-state index in [-0.39, 0.29) is 6.10 Å². The van der Waals surface area contributed by atoms with Crippen LogP contribution in [0.1, 0.15) is 33.6 Å². The lowest BCUT2D eigenvalue weighted by Crippen LogP contribution is -2.50. The molecule has 0 saturated heterocycles. The zero-order valence-corrected chi connectivity index (χ0v) is 11.3. The Balaban J connectivity index is 4.04. The maximum Gasteiger partial charge on any atom is 0.323 e. The number of hydrogen-bond donors (Lipinski definition) is 2. The molecule has 0 aliphatic rings. The average Bonchev–Trinajstić information content (AvgIpc) is 2.26. The molecule has 0 saturated carbocycles. The highest BCUT2D eigenvalue weighted by molar-refractivity contribution is 5.78. The first kappa shape index (κ1) is 16.4. The molecule has 0 aromatic rings. The van der Waals surface area contributed by atoms with E-state index >= 15 is 0 Å². The van der Waals surface area contributed by atoms with Gasteiger partial charge in [-0.2, -0.15) is 0 Å². The summed E-state index contributed by atoms with van der Waals surface area (Å²) in [6.07, 6.45) is 1.34. The van der Waals surface area contributed by atoms with E-state index in [4.69, 9.17) is 9.47 Å². The van der Waals surface area contributed by atoms with Crippen molar-refractivity contribution in [1.82, 2.24) is 5.32 Å². The highest BCUT2D eigenvalue weighted by Crippen LogP contribution is 2.11. The van der Waals surface area contributed by atoms with E-state index in [1.54, 1.807) is 14.0 Å². The zero-order chi connectivity index (χ0) is 13.3. The molecule has 0 aromatic heterocycles. The largest absolute Gasteiger partial charge is 0.480 e. The van der Waals surface area contributed by atoms with Gasteiger partial charge in [0.2, 0.25) is 0 Å². The Kier molecular flexibility index (Phi) is 8.12. The number of hydrogen-bond acceptors (Lipinski definition) is 4. The van der Waals surface area contributed by atoms with E-state index in [1.807, 2.05) is 13.8 Å². The van der Waals surface area contributed by atoms with Crippen LogP contribution in [0.3, 0.4) is 0 Å². The Bertz CT molecular complexity index is 223. The molecule has 2 atom stereocenters. The first-order valence-corrected chi connectivity index (χ1v) is 6.05. The monoisotopic (exact) mass is 247 g/mol. The van der Waals surface area contributed by atoms with Crippen molar-refractivity contribution in [2.75, 3.05) is 26.9 Å². The third-order valence-electron chi connectivity index (χ3n) is 2.64. The van der Waals surface area contributed by atoms with Crippen molar-refractivity contribution in [2.24, 2.45) is 0 Å². The quantitative estimate of drug-likeness (QED) is 0.608. The van der Waals surface area contributed by atoms with Gasteiger partial charge in [-0.25, -0.2) is 0 Å². The second-order valence-electron chi connectivity index (χ2n) is 4.45. The lowest BCUT2D eigenvalue weighted by molar-refractivity contribution is -0.145. The maximum atomic E-state index is 11.2. The maximum absolute atomic E-state index is 11.2.